The molecule has 19 heavy (non-hydrogen) atoms. The van der Waals surface area contributed by atoms with Crippen LogP contribution in [0.3, 0.4) is 0 Å². The highest BCUT2D eigenvalue weighted by atomic mass is 35.5. The lowest BCUT2D eigenvalue weighted by atomic mass is 10.1. The number of nitrogens with zero attached hydrogens (tertiary/aromatic N) is 4. The van der Waals surface area contributed by atoms with Crippen LogP contribution in [0.2, 0.25) is 5.28 Å². The zero-order chi connectivity index (χ0) is 13.8. The van der Waals surface area contributed by atoms with E-state index in [4.69, 9.17) is 26.3 Å². The molecule has 0 saturated heterocycles. The summed E-state index contributed by atoms with van der Waals surface area (Å²) in [6.45, 7) is 1.84. The van der Waals surface area contributed by atoms with Crippen LogP contribution in [0.15, 0.2) is 18.2 Å². The Balaban J connectivity index is 2.36. The van der Waals surface area contributed by atoms with Gasteiger partial charge in [0.2, 0.25) is 5.28 Å². The predicted octanol–water partition coefficient (Wildman–Crippen LogP) is 2.51. The molecule has 2 rings (SSSR count). The van der Waals surface area contributed by atoms with E-state index in [0.29, 0.717) is 11.3 Å². The first-order valence-electron chi connectivity index (χ1n) is 5.26. The van der Waals surface area contributed by atoms with Gasteiger partial charge in [0.1, 0.15) is 5.75 Å². The lowest BCUT2D eigenvalue weighted by Crippen LogP contribution is -1.99. The summed E-state index contributed by atoms with van der Waals surface area (Å²) in [5.74, 6) is 0.475. The van der Waals surface area contributed by atoms with E-state index >= 15 is 0 Å². The van der Waals surface area contributed by atoms with Crippen LogP contribution in [-0.4, -0.2) is 22.1 Å². The third kappa shape index (κ3) is 3.09. The number of benzene rings is 1. The Morgan fingerprint density at radius 3 is 2.63 bits per heavy atom. The summed E-state index contributed by atoms with van der Waals surface area (Å²) in [5, 5.41) is 8.83. The number of aryl methyl sites for hydroxylation is 1. The van der Waals surface area contributed by atoms with E-state index in [1.165, 1.54) is 7.11 Å². The Morgan fingerprint density at radius 2 is 1.95 bits per heavy atom. The maximum atomic E-state index is 8.86. The lowest BCUT2D eigenvalue weighted by Gasteiger charge is -2.07. The highest BCUT2D eigenvalue weighted by Crippen LogP contribution is 2.25. The zero-order valence-electron chi connectivity index (χ0n) is 10.2. The van der Waals surface area contributed by atoms with Gasteiger partial charge in [-0.25, -0.2) is 0 Å². The van der Waals surface area contributed by atoms with Gasteiger partial charge in [0, 0.05) is 0 Å². The molecule has 0 aliphatic rings. The van der Waals surface area contributed by atoms with Crippen molar-refractivity contribution < 1.29 is 9.47 Å². The molecule has 0 bridgehead atoms. The highest BCUT2D eigenvalue weighted by Gasteiger charge is 2.09. The molecule has 0 atom stereocenters. The number of methoxy groups -OCH3 is 1. The van der Waals surface area contributed by atoms with E-state index in [1.807, 2.05) is 13.0 Å². The first kappa shape index (κ1) is 13.1. The number of ether oxygens (including phenoxy) is 2. The number of hydrogen-bond donors (Lipinski definition) is 0. The SMILES string of the molecule is COc1nc(Cl)nc(Oc2cc(C#N)ccc2C)n1. The molecule has 1 heterocycles. The van der Waals surface area contributed by atoms with Crippen LogP contribution >= 0.6 is 11.6 Å². The number of hydrogen-bond acceptors (Lipinski definition) is 6. The molecule has 6 nitrogen and oxygen atoms in total. The standard InChI is InChI=1S/C12H9ClN4O2/c1-7-3-4-8(6-14)5-9(7)19-12-16-10(13)15-11(17-12)18-2/h3-5H,1-2H3. The summed E-state index contributed by atoms with van der Waals surface area (Å²) in [6.07, 6.45) is 0. The normalized spacial score (nSPS) is 9.79. The van der Waals surface area contributed by atoms with Crippen molar-refractivity contribution >= 4 is 11.6 Å². The molecule has 7 heteroatoms. The van der Waals surface area contributed by atoms with Crippen LogP contribution in [0.4, 0.5) is 0 Å². The minimum absolute atomic E-state index is 0.00930. The van der Waals surface area contributed by atoms with E-state index < -0.39 is 0 Å². The molecular formula is C12H9ClN4O2. The van der Waals surface area contributed by atoms with Gasteiger partial charge in [-0.05, 0) is 36.2 Å². The van der Waals surface area contributed by atoms with Crippen molar-refractivity contribution in [1.82, 2.24) is 15.0 Å². The van der Waals surface area contributed by atoms with E-state index in [-0.39, 0.29) is 17.3 Å². The monoisotopic (exact) mass is 276 g/mol. The number of rotatable bonds is 3. The van der Waals surface area contributed by atoms with E-state index in [2.05, 4.69) is 15.0 Å². The van der Waals surface area contributed by atoms with Gasteiger partial charge in [-0.2, -0.15) is 15.2 Å². The second kappa shape index (κ2) is 5.50. The Morgan fingerprint density at radius 1 is 1.21 bits per heavy atom. The fourth-order valence-corrected chi connectivity index (χ4v) is 1.47. The van der Waals surface area contributed by atoms with Gasteiger partial charge in [0.05, 0.1) is 18.7 Å². The molecule has 0 radical (unpaired) electrons. The van der Waals surface area contributed by atoms with Gasteiger partial charge in [0.25, 0.3) is 0 Å². The second-order valence-corrected chi connectivity index (χ2v) is 3.91. The first-order chi connectivity index (χ1) is 9.12. The minimum Gasteiger partial charge on any atom is -0.467 e. The summed E-state index contributed by atoms with van der Waals surface area (Å²) in [5.41, 5.74) is 1.32. The van der Waals surface area contributed by atoms with Crippen molar-refractivity contribution in [2.24, 2.45) is 0 Å². The Kier molecular flexibility index (Phi) is 3.78. The summed E-state index contributed by atoms with van der Waals surface area (Å²) >= 11 is 5.72. The Labute approximate surface area is 114 Å². The van der Waals surface area contributed by atoms with Gasteiger partial charge >= 0.3 is 12.0 Å². The van der Waals surface area contributed by atoms with Crippen molar-refractivity contribution in [2.75, 3.05) is 7.11 Å². The molecule has 2 aromatic rings. The smallest absolute Gasteiger partial charge is 0.329 e. The largest absolute Gasteiger partial charge is 0.467 e. The van der Waals surface area contributed by atoms with Crippen molar-refractivity contribution in [1.29, 1.82) is 5.26 Å². The van der Waals surface area contributed by atoms with Crippen LogP contribution < -0.4 is 9.47 Å². The van der Waals surface area contributed by atoms with Crippen LogP contribution in [0.25, 0.3) is 0 Å². The summed E-state index contributed by atoms with van der Waals surface area (Å²) in [4.78, 5) is 11.5. The average molecular weight is 277 g/mol. The highest BCUT2D eigenvalue weighted by molar-refractivity contribution is 6.28. The van der Waals surface area contributed by atoms with Crippen molar-refractivity contribution in [3.63, 3.8) is 0 Å². The minimum atomic E-state index is -0.0315. The number of nitriles is 1. The van der Waals surface area contributed by atoms with Crippen LogP contribution in [-0.2, 0) is 0 Å². The fourth-order valence-electron chi connectivity index (χ4n) is 1.33. The maximum absolute atomic E-state index is 8.86. The molecular weight excluding hydrogens is 268 g/mol. The topological polar surface area (TPSA) is 80.9 Å². The lowest BCUT2D eigenvalue weighted by molar-refractivity contribution is 0.358. The van der Waals surface area contributed by atoms with Crippen LogP contribution in [0, 0.1) is 18.3 Å². The molecule has 0 N–H and O–H groups in total. The predicted molar refractivity (Wildman–Crippen MR) is 67.4 cm³/mol. The van der Waals surface area contributed by atoms with Gasteiger partial charge in [0.15, 0.2) is 0 Å². The average Bonchev–Trinajstić information content (AvgIpc) is 2.40. The van der Waals surface area contributed by atoms with E-state index in [0.717, 1.165) is 5.56 Å². The molecule has 0 unspecified atom stereocenters. The molecule has 0 amide bonds. The van der Waals surface area contributed by atoms with Gasteiger partial charge in [-0.3, -0.25) is 0 Å². The second-order valence-electron chi connectivity index (χ2n) is 3.57. The number of aromatic nitrogens is 3. The maximum Gasteiger partial charge on any atom is 0.329 e. The van der Waals surface area contributed by atoms with Gasteiger partial charge in [-0.1, -0.05) is 6.07 Å². The fraction of sp³-hybridized carbons (Fsp3) is 0.167. The Bertz CT molecular complexity index is 655. The third-order valence-corrected chi connectivity index (χ3v) is 2.44. The molecule has 1 aromatic heterocycles. The van der Waals surface area contributed by atoms with Gasteiger partial charge < -0.3 is 9.47 Å². The summed E-state index contributed by atoms with van der Waals surface area (Å²) < 4.78 is 10.4. The number of halogens is 1. The van der Waals surface area contributed by atoms with Gasteiger partial charge in [-0.15, -0.1) is 4.98 Å². The summed E-state index contributed by atoms with van der Waals surface area (Å²) in [7, 11) is 1.41. The molecule has 0 aliphatic heterocycles. The van der Waals surface area contributed by atoms with E-state index in [9.17, 15) is 0 Å². The van der Waals surface area contributed by atoms with Crippen molar-refractivity contribution in [2.45, 2.75) is 6.92 Å². The van der Waals surface area contributed by atoms with E-state index in [1.54, 1.807) is 18.2 Å². The summed E-state index contributed by atoms with van der Waals surface area (Å²) in [6, 6.07) is 7.17. The third-order valence-electron chi connectivity index (χ3n) is 2.27. The van der Waals surface area contributed by atoms with Crippen LogP contribution in [0.5, 0.6) is 17.8 Å². The van der Waals surface area contributed by atoms with Crippen LogP contribution in [0.1, 0.15) is 11.1 Å². The first-order valence-corrected chi connectivity index (χ1v) is 5.64. The molecule has 96 valence electrons. The Hall–Kier alpha value is -2.39. The molecule has 0 fully saturated rings. The zero-order valence-corrected chi connectivity index (χ0v) is 11.0. The molecule has 1 aromatic carbocycles. The molecule has 0 aliphatic carbocycles. The quantitative estimate of drug-likeness (QED) is 0.857. The molecule has 0 spiro atoms. The molecule has 0 saturated carbocycles. The van der Waals surface area contributed by atoms with Crippen molar-refractivity contribution in [3.05, 3.63) is 34.6 Å². The van der Waals surface area contributed by atoms with Crippen molar-refractivity contribution in [3.8, 4) is 23.8 Å².